The minimum absolute atomic E-state index is 0.221. The van der Waals surface area contributed by atoms with Crippen molar-refractivity contribution in [1.82, 2.24) is 0 Å². The highest BCUT2D eigenvalue weighted by Gasteiger charge is 2.36. The van der Waals surface area contributed by atoms with E-state index in [1.165, 1.54) is 21.3 Å². The fourth-order valence-electron chi connectivity index (χ4n) is 1.15. The molecule has 0 aromatic heterocycles. The first-order valence-electron chi connectivity index (χ1n) is 4.82. The Morgan fingerprint density at radius 1 is 1.25 bits per heavy atom. The van der Waals surface area contributed by atoms with Crippen LogP contribution in [0.3, 0.4) is 0 Å². The lowest BCUT2D eigenvalue weighted by Gasteiger charge is -2.23. The van der Waals surface area contributed by atoms with Crippen LogP contribution in [0.5, 0.6) is 0 Å². The summed E-state index contributed by atoms with van der Waals surface area (Å²) >= 11 is 0. The topological polar surface area (TPSA) is 77.8 Å². The van der Waals surface area contributed by atoms with E-state index < -0.39 is 14.8 Å². The fourth-order valence-corrected chi connectivity index (χ4v) is 2.84. The molecule has 0 bridgehead atoms. The molecule has 0 saturated carbocycles. The van der Waals surface area contributed by atoms with Crippen molar-refractivity contribution in [2.75, 3.05) is 27.9 Å². The molecule has 0 N–H and O–H groups in total. The molecule has 7 heteroatoms. The Bertz CT molecular complexity index is 241. The lowest BCUT2D eigenvalue weighted by Crippen LogP contribution is -2.42. The van der Waals surface area contributed by atoms with Crippen molar-refractivity contribution in [3.8, 4) is 6.07 Å². The van der Waals surface area contributed by atoms with Gasteiger partial charge in [-0.2, -0.15) is 5.26 Å². The molecule has 0 aliphatic rings. The zero-order valence-corrected chi connectivity index (χ0v) is 10.8. The number of nitrogens with zero attached hydrogens (tertiary/aromatic N) is 1. The molecule has 0 radical (unpaired) electrons. The van der Waals surface area contributed by atoms with Crippen LogP contribution in [0.15, 0.2) is 0 Å². The lowest BCUT2D eigenvalue weighted by molar-refractivity contribution is -0.142. The van der Waals surface area contributed by atoms with Gasteiger partial charge in [0.25, 0.3) is 0 Å². The molecular weight excluding hydrogens is 230 g/mol. The molecule has 0 spiro atoms. The molecule has 0 rings (SSSR count). The smallest absolute Gasteiger partial charge is 0.465 e. The molecule has 92 valence electrons. The molecule has 0 aromatic rings. The van der Waals surface area contributed by atoms with Gasteiger partial charge in [-0.3, -0.25) is 4.79 Å². The SMILES string of the molecule is CO[Si](CCCOC(=O)CC#N)(OC)OC. The van der Waals surface area contributed by atoms with Gasteiger partial charge >= 0.3 is 14.8 Å². The summed E-state index contributed by atoms with van der Waals surface area (Å²) in [5, 5.41) is 8.23. The summed E-state index contributed by atoms with van der Waals surface area (Å²) in [4.78, 5) is 10.8. The molecule has 0 aliphatic heterocycles. The highest BCUT2D eigenvalue weighted by Crippen LogP contribution is 2.14. The van der Waals surface area contributed by atoms with Gasteiger partial charge in [0.05, 0.1) is 12.7 Å². The number of esters is 1. The van der Waals surface area contributed by atoms with E-state index in [1.807, 2.05) is 0 Å². The van der Waals surface area contributed by atoms with E-state index in [0.29, 0.717) is 12.5 Å². The zero-order chi connectivity index (χ0) is 12.4. The second-order valence-corrected chi connectivity index (χ2v) is 6.05. The summed E-state index contributed by atoms with van der Waals surface area (Å²) in [5.41, 5.74) is 0. The quantitative estimate of drug-likeness (QED) is 0.357. The molecule has 0 aliphatic carbocycles. The molecule has 0 amide bonds. The van der Waals surface area contributed by atoms with Gasteiger partial charge in [0, 0.05) is 27.4 Å². The Balaban J connectivity index is 3.80. The fraction of sp³-hybridized carbons (Fsp3) is 0.778. The number of rotatable bonds is 8. The van der Waals surface area contributed by atoms with Crippen LogP contribution in [0.1, 0.15) is 12.8 Å². The van der Waals surface area contributed by atoms with Gasteiger partial charge in [-0.05, 0) is 6.42 Å². The Morgan fingerprint density at radius 3 is 2.25 bits per heavy atom. The number of ether oxygens (including phenoxy) is 1. The largest absolute Gasteiger partial charge is 0.500 e. The first-order chi connectivity index (χ1) is 7.64. The normalized spacial score (nSPS) is 10.9. The summed E-state index contributed by atoms with van der Waals surface area (Å²) in [6.07, 6.45) is 0.361. The molecule has 16 heavy (non-hydrogen) atoms. The molecule has 0 saturated heterocycles. The van der Waals surface area contributed by atoms with Crippen LogP contribution in [0.4, 0.5) is 0 Å². The first-order valence-corrected chi connectivity index (χ1v) is 6.75. The number of carbonyl (C=O) groups is 1. The van der Waals surface area contributed by atoms with E-state index in [4.69, 9.17) is 23.3 Å². The van der Waals surface area contributed by atoms with Crippen molar-refractivity contribution in [2.45, 2.75) is 18.9 Å². The summed E-state index contributed by atoms with van der Waals surface area (Å²) in [6, 6.07) is 2.28. The molecule has 0 heterocycles. The second-order valence-electron chi connectivity index (χ2n) is 2.95. The van der Waals surface area contributed by atoms with Gasteiger partial charge in [0.1, 0.15) is 6.42 Å². The highest BCUT2D eigenvalue weighted by atomic mass is 28.4. The average molecular weight is 247 g/mol. The molecule has 0 unspecified atom stereocenters. The third kappa shape index (κ3) is 5.23. The first kappa shape index (κ1) is 15.1. The van der Waals surface area contributed by atoms with Crippen LogP contribution in [-0.2, 0) is 22.8 Å². The number of hydrogen-bond donors (Lipinski definition) is 0. The van der Waals surface area contributed by atoms with Gasteiger partial charge in [0.15, 0.2) is 0 Å². The maximum Gasteiger partial charge on any atom is 0.500 e. The van der Waals surface area contributed by atoms with Crippen LogP contribution >= 0.6 is 0 Å². The van der Waals surface area contributed by atoms with E-state index in [0.717, 1.165) is 0 Å². The van der Waals surface area contributed by atoms with Crippen LogP contribution < -0.4 is 0 Å². The maximum atomic E-state index is 10.8. The van der Waals surface area contributed by atoms with Crippen molar-refractivity contribution >= 4 is 14.8 Å². The van der Waals surface area contributed by atoms with Gasteiger partial charge in [-0.1, -0.05) is 0 Å². The van der Waals surface area contributed by atoms with Gasteiger partial charge in [0.2, 0.25) is 0 Å². The minimum atomic E-state index is -2.56. The Labute approximate surface area is 96.4 Å². The lowest BCUT2D eigenvalue weighted by atomic mass is 10.5. The van der Waals surface area contributed by atoms with Crippen molar-refractivity contribution in [3.63, 3.8) is 0 Å². The average Bonchev–Trinajstić information content (AvgIpc) is 2.31. The van der Waals surface area contributed by atoms with E-state index in [-0.39, 0.29) is 13.0 Å². The van der Waals surface area contributed by atoms with E-state index in [9.17, 15) is 4.79 Å². The molecule has 0 atom stereocenters. The van der Waals surface area contributed by atoms with E-state index in [2.05, 4.69) is 0 Å². The molecule has 0 aromatic carbocycles. The van der Waals surface area contributed by atoms with E-state index >= 15 is 0 Å². The summed E-state index contributed by atoms with van der Waals surface area (Å²) in [6.45, 7) is 0.241. The number of carbonyl (C=O) groups excluding carboxylic acids is 1. The third-order valence-corrected chi connectivity index (χ3v) is 4.88. The monoisotopic (exact) mass is 247 g/mol. The van der Waals surface area contributed by atoms with Crippen molar-refractivity contribution in [2.24, 2.45) is 0 Å². The van der Waals surface area contributed by atoms with Crippen LogP contribution in [0.2, 0.25) is 6.04 Å². The summed E-state index contributed by atoms with van der Waals surface area (Å²) in [5.74, 6) is -0.512. The number of nitriles is 1. The van der Waals surface area contributed by atoms with Gasteiger partial charge in [-0.25, -0.2) is 0 Å². The van der Waals surface area contributed by atoms with Crippen molar-refractivity contribution in [3.05, 3.63) is 0 Å². The maximum absolute atomic E-state index is 10.8. The van der Waals surface area contributed by atoms with Crippen molar-refractivity contribution in [1.29, 1.82) is 5.26 Å². The highest BCUT2D eigenvalue weighted by molar-refractivity contribution is 6.60. The van der Waals surface area contributed by atoms with Crippen LogP contribution in [-0.4, -0.2) is 42.7 Å². The molecule has 6 nitrogen and oxygen atoms in total. The second kappa shape index (κ2) is 8.24. The van der Waals surface area contributed by atoms with E-state index in [1.54, 1.807) is 6.07 Å². The van der Waals surface area contributed by atoms with Crippen molar-refractivity contribution < 1.29 is 22.8 Å². The standard InChI is InChI=1S/C9H17NO5Si/c1-12-16(13-2,14-3)8-4-7-15-9(11)5-6-10/h4-5,7-8H2,1-3H3. The molecule has 0 fully saturated rings. The zero-order valence-electron chi connectivity index (χ0n) is 9.82. The minimum Gasteiger partial charge on any atom is -0.465 e. The summed E-state index contributed by atoms with van der Waals surface area (Å²) < 4.78 is 20.4. The summed E-state index contributed by atoms with van der Waals surface area (Å²) in [7, 11) is 2.02. The predicted octanol–water partition coefficient (Wildman–Crippen LogP) is 0.711. The van der Waals surface area contributed by atoms with Crippen LogP contribution in [0.25, 0.3) is 0 Å². The molecular formula is C9H17NO5Si. The number of hydrogen-bond acceptors (Lipinski definition) is 6. The Hall–Kier alpha value is -0.943. The third-order valence-electron chi connectivity index (χ3n) is 2.05. The predicted molar refractivity (Wildman–Crippen MR) is 57.4 cm³/mol. The van der Waals surface area contributed by atoms with Gasteiger partial charge < -0.3 is 18.0 Å². The Kier molecular flexibility index (Phi) is 7.75. The Morgan fingerprint density at radius 2 is 1.81 bits per heavy atom. The van der Waals surface area contributed by atoms with Gasteiger partial charge in [-0.15, -0.1) is 0 Å². The van der Waals surface area contributed by atoms with Crippen LogP contribution in [0, 0.1) is 11.3 Å².